The van der Waals surface area contributed by atoms with E-state index in [4.69, 9.17) is 4.74 Å². The molecule has 2 aromatic carbocycles. The summed E-state index contributed by atoms with van der Waals surface area (Å²) in [6, 6.07) is 14.1. The molecule has 180 valence electrons. The van der Waals surface area contributed by atoms with Gasteiger partial charge in [0.05, 0.1) is 11.2 Å². The largest absolute Gasteiger partial charge is 0.490 e. The summed E-state index contributed by atoms with van der Waals surface area (Å²) in [5.74, 6) is 1.48. The molecule has 6 heteroatoms. The summed E-state index contributed by atoms with van der Waals surface area (Å²) in [5, 5.41) is 11.9. The van der Waals surface area contributed by atoms with Gasteiger partial charge in [-0.15, -0.1) is 0 Å². The fraction of sp³-hybridized carbons (Fsp3) is 0.500. The van der Waals surface area contributed by atoms with Crippen molar-refractivity contribution in [2.24, 2.45) is 5.92 Å². The lowest BCUT2D eigenvalue weighted by molar-refractivity contribution is 0.0919. The number of hydrogen-bond donors (Lipinski definition) is 2. The summed E-state index contributed by atoms with van der Waals surface area (Å²) >= 11 is 0. The van der Waals surface area contributed by atoms with Crippen LogP contribution in [0, 0.1) is 5.92 Å². The van der Waals surface area contributed by atoms with Gasteiger partial charge in [-0.3, -0.25) is 9.89 Å². The van der Waals surface area contributed by atoms with Crippen LogP contribution in [-0.2, 0) is 0 Å². The fourth-order valence-corrected chi connectivity index (χ4v) is 5.40. The average molecular weight is 461 g/mol. The van der Waals surface area contributed by atoms with Crippen molar-refractivity contribution in [3.05, 3.63) is 48.0 Å². The monoisotopic (exact) mass is 460 g/mol. The average Bonchev–Trinajstić information content (AvgIpc) is 3.30. The van der Waals surface area contributed by atoms with E-state index in [0.29, 0.717) is 11.5 Å². The van der Waals surface area contributed by atoms with Crippen LogP contribution in [-0.4, -0.2) is 53.3 Å². The van der Waals surface area contributed by atoms with E-state index in [2.05, 4.69) is 46.5 Å². The summed E-state index contributed by atoms with van der Waals surface area (Å²) in [6.45, 7) is 4.31. The summed E-state index contributed by atoms with van der Waals surface area (Å²) in [5.41, 5.74) is 3.48. The van der Waals surface area contributed by atoms with Gasteiger partial charge < -0.3 is 15.0 Å². The standard InChI is InChI=1S/C28H36N4O2/c1-19(20-6-4-3-5-7-20)29-28(33)22-10-13-26-25(18-22)27(31-30-26)21-8-11-23(12-9-21)34-24-14-16-32(2)17-15-24/h8-13,18-20,24H,3-7,14-17H2,1-2H3,(H,29,33)(H,30,31)/t19-/m0/s1. The van der Waals surface area contributed by atoms with Crippen LogP contribution in [0.25, 0.3) is 22.2 Å². The maximum Gasteiger partial charge on any atom is 0.251 e. The Hall–Kier alpha value is -2.86. The topological polar surface area (TPSA) is 70.2 Å². The molecule has 1 aliphatic heterocycles. The second kappa shape index (κ2) is 10.2. The number of aromatic amines is 1. The lowest BCUT2D eigenvalue weighted by Gasteiger charge is -2.29. The van der Waals surface area contributed by atoms with Crippen molar-refractivity contribution < 1.29 is 9.53 Å². The molecule has 2 aliphatic rings. The highest BCUT2D eigenvalue weighted by atomic mass is 16.5. The molecule has 6 nitrogen and oxygen atoms in total. The summed E-state index contributed by atoms with van der Waals surface area (Å²) in [7, 11) is 2.16. The molecular weight excluding hydrogens is 424 g/mol. The third-order valence-corrected chi connectivity index (χ3v) is 7.64. The lowest BCUT2D eigenvalue weighted by atomic mass is 9.84. The van der Waals surface area contributed by atoms with Gasteiger partial charge in [0.2, 0.25) is 0 Å². The molecule has 5 rings (SSSR count). The third kappa shape index (κ3) is 5.12. The Morgan fingerprint density at radius 2 is 1.79 bits per heavy atom. The fourth-order valence-electron chi connectivity index (χ4n) is 5.40. The molecule has 2 heterocycles. The van der Waals surface area contributed by atoms with Crippen molar-refractivity contribution in [3.63, 3.8) is 0 Å². The van der Waals surface area contributed by atoms with Gasteiger partial charge in [-0.25, -0.2) is 0 Å². The highest BCUT2D eigenvalue weighted by Gasteiger charge is 2.22. The van der Waals surface area contributed by atoms with Gasteiger partial charge in [-0.1, -0.05) is 19.3 Å². The van der Waals surface area contributed by atoms with Crippen LogP contribution in [0.4, 0.5) is 0 Å². The summed E-state index contributed by atoms with van der Waals surface area (Å²) in [4.78, 5) is 15.3. The first-order valence-electron chi connectivity index (χ1n) is 12.8. The minimum absolute atomic E-state index is 0.00556. The number of hydrogen-bond acceptors (Lipinski definition) is 4. The molecule has 1 aliphatic carbocycles. The second-order valence-corrected chi connectivity index (χ2v) is 10.1. The molecule has 2 N–H and O–H groups in total. The zero-order valence-electron chi connectivity index (χ0n) is 20.3. The number of amides is 1. The molecule has 34 heavy (non-hydrogen) atoms. The lowest BCUT2D eigenvalue weighted by Crippen LogP contribution is -2.38. The molecule has 1 aromatic heterocycles. The highest BCUT2D eigenvalue weighted by molar-refractivity contribution is 6.01. The van der Waals surface area contributed by atoms with E-state index in [1.807, 2.05) is 30.3 Å². The van der Waals surface area contributed by atoms with Crippen LogP contribution >= 0.6 is 0 Å². The maximum atomic E-state index is 13.0. The second-order valence-electron chi connectivity index (χ2n) is 10.1. The molecule has 1 amide bonds. The van der Waals surface area contributed by atoms with Crippen molar-refractivity contribution in [1.82, 2.24) is 20.4 Å². The normalized spacial score (nSPS) is 19.2. The number of nitrogens with one attached hydrogen (secondary N) is 2. The predicted molar refractivity (Wildman–Crippen MR) is 136 cm³/mol. The van der Waals surface area contributed by atoms with E-state index in [9.17, 15) is 4.79 Å². The number of rotatable bonds is 6. The van der Waals surface area contributed by atoms with Gasteiger partial charge in [-0.2, -0.15) is 5.10 Å². The smallest absolute Gasteiger partial charge is 0.251 e. The number of carbonyl (C=O) groups excluding carboxylic acids is 1. The number of carbonyl (C=O) groups is 1. The first kappa shape index (κ1) is 22.9. The Morgan fingerprint density at radius 3 is 2.53 bits per heavy atom. The van der Waals surface area contributed by atoms with Gasteiger partial charge in [-0.05, 0) is 88.0 Å². The van der Waals surface area contributed by atoms with Gasteiger partial charge in [0.15, 0.2) is 0 Å². The number of nitrogens with zero attached hydrogens (tertiary/aromatic N) is 2. The molecular formula is C28H36N4O2. The number of piperidine rings is 1. The predicted octanol–water partition coefficient (Wildman–Crippen LogP) is 5.40. The third-order valence-electron chi connectivity index (χ3n) is 7.64. The number of aromatic nitrogens is 2. The van der Waals surface area contributed by atoms with Gasteiger partial charge >= 0.3 is 0 Å². The molecule has 3 aromatic rings. The Labute approximate surface area is 202 Å². The van der Waals surface area contributed by atoms with E-state index in [0.717, 1.165) is 53.8 Å². The summed E-state index contributed by atoms with van der Waals surface area (Å²) < 4.78 is 6.19. The van der Waals surface area contributed by atoms with Crippen molar-refractivity contribution >= 4 is 16.8 Å². The van der Waals surface area contributed by atoms with Gasteiger partial charge in [0.25, 0.3) is 5.91 Å². The molecule has 0 radical (unpaired) electrons. The molecule has 1 saturated heterocycles. The molecule has 0 unspecified atom stereocenters. The number of ether oxygens (including phenoxy) is 1. The van der Waals surface area contributed by atoms with Crippen molar-refractivity contribution in [3.8, 4) is 17.0 Å². The minimum atomic E-state index is -0.00556. The minimum Gasteiger partial charge on any atom is -0.490 e. The van der Waals surface area contributed by atoms with Crippen LogP contribution in [0.3, 0.4) is 0 Å². The van der Waals surface area contributed by atoms with E-state index < -0.39 is 0 Å². The number of benzene rings is 2. The van der Waals surface area contributed by atoms with Crippen LogP contribution < -0.4 is 10.1 Å². The Morgan fingerprint density at radius 1 is 1.06 bits per heavy atom. The van der Waals surface area contributed by atoms with Gasteiger partial charge in [0.1, 0.15) is 11.9 Å². The molecule has 0 bridgehead atoms. The quantitative estimate of drug-likeness (QED) is 0.517. The Balaban J connectivity index is 1.29. The SMILES string of the molecule is C[C@H](NC(=O)c1ccc2[nH]nc(-c3ccc(OC4CCN(C)CC4)cc3)c2c1)C1CCCCC1. The maximum absolute atomic E-state index is 13.0. The summed E-state index contributed by atoms with van der Waals surface area (Å²) in [6.07, 6.45) is 8.70. The molecule has 1 atom stereocenters. The van der Waals surface area contributed by atoms with Gasteiger partial charge in [0, 0.05) is 35.6 Å². The zero-order chi connectivity index (χ0) is 23.5. The van der Waals surface area contributed by atoms with Crippen LogP contribution in [0.5, 0.6) is 5.75 Å². The van der Waals surface area contributed by atoms with Crippen LogP contribution in [0.2, 0.25) is 0 Å². The molecule has 0 spiro atoms. The van der Waals surface area contributed by atoms with Crippen molar-refractivity contribution in [2.45, 2.75) is 64.0 Å². The highest BCUT2D eigenvalue weighted by Crippen LogP contribution is 2.30. The van der Waals surface area contributed by atoms with E-state index >= 15 is 0 Å². The number of H-pyrrole nitrogens is 1. The zero-order valence-corrected chi connectivity index (χ0v) is 20.3. The van der Waals surface area contributed by atoms with Crippen LogP contribution in [0.15, 0.2) is 42.5 Å². The number of likely N-dealkylation sites (tertiary alicyclic amines) is 1. The number of fused-ring (bicyclic) bond motifs is 1. The van der Waals surface area contributed by atoms with E-state index in [1.54, 1.807) is 0 Å². The van der Waals surface area contributed by atoms with Crippen molar-refractivity contribution in [2.75, 3.05) is 20.1 Å². The van der Waals surface area contributed by atoms with Crippen molar-refractivity contribution in [1.29, 1.82) is 0 Å². The Bertz CT molecular complexity index is 1110. The Kier molecular flexibility index (Phi) is 6.86. The first-order chi connectivity index (χ1) is 16.6. The van der Waals surface area contributed by atoms with E-state index in [-0.39, 0.29) is 18.1 Å². The first-order valence-corrected chi connectivity index (χ1v) is 12.8. The van der Waals surface area contributed by atoms with Crippen LogP contribution in [0.1, 0.15) is 62.2 Å². The molecule has 1 saturated carbocycles. The molecule has 2 fully saturated rings. The van der Waals surface area contributed by atoms with E-state index in [1.165, 1.54) is 32.1 Å².